The van der Waals surface area contributed by atoms with Crippen molar-refractivity contribution in [2.24, 2.45) is 0 Å². The van der Waals surface area contributed by atoms with Crippen molar-refractivity contribution >= 4 is 29.3 Å². The maximum absolute atomic E-state index is 7.07. The number of pyridine rings is 1. The lowest BCUT2D eigenvalue weighted by Gasteiger charge is -2.06. The van der Waals surface area contributed by atoms with E-state index >= 15 is 0 Å². The Morgan fingerprint density at radius 2 is 2.42 bits per heavy atom. The van der Waals surface area contributed by atoms with Crippen LogP contribution >= 0.6 is 11.6 Å². The molecule has 0 aliphatic heterocycles. The fourth-order valence-electron chi connectivity index (χ4n) is 0.884. The van der Waals surface area contributed by atoms with E-state index in [4.69, 9.17) is 22.7 Å². The highest BCUT2D eigenvalue weighted by Crippen LogP contribution is 2.21. The molecular formula is C7H9ClN4. The van der Waals surface area contributed by atoms with Crippen molar-refractivity contribution < 1.29 is 0 Å². The van der Waals surface area contributed by atoms with E-state index in [1.54, 1.807) is 7.05 Å². The lowest BCUT2D eigenvalue weighted by Crippen LogP contribution is -2.02. The molecular weight excluding hydrogens is 176 g/mol. The number of anilines is 2. The van der Waals surface area contributed by atoms with Crippen molar-refractivity contribution in [2.75, 3.05) is 18.1 Å². The minimum Gasteiger partial charge on any atom is -0.398 e. The average Bonchev–Trinajstić information content (AvgIpc) is 2.03. The molecule has 0 bridgehead atoms. The first-order valence-corrected chi connectivity index (χ1v) is 3.71. The predicted octanol–water partition coefficient (Wildman–Crippen LogP) is 1.36. The molecule has 0 radical (unpaired) electrons. The molecule has 1 rings (SSSR count). The Labute approximate surface area is 75.3 Å². The Morgan fingerprint density at radius 3 is 2.92 bits per heavy atom. The minimum atomic E-state index is 0.322. The van der Waals surface area contributed by atoms with Gasteiger partial charge in [-0.15, -0.1) is 0 Å². The molecule has 0 atom stereocenters. The van der Waals surface area contributed by atoms with Gasteiger partial charge in [0, 0.05) is 18.9 Å². The maximum Gasteiger partial charge on any atom is 0.138 e. The van der Waals surface area contributed by atoms with Gasteiger partial charge in [-0.2, -0.15) is 0 Å². The van der Waals surface area contributed by atoms with Gasteiger partial charge in [0.05, 0.1) is 5.56 Å². The summed E-state index contributed by atoms with van der Waals surface area (Å²) in [6.45, 7) is 0. The van der Waals surface area contributed by atoms with E-state index in [-0.39, 0.29) is 0 Å². The third-order valence-corrected chi connectivity index (χ3v) is 1.63. The van der Waals surface area contributed by atoms with Gasteiger partial charge in [-0.1, -0.05) is 11.6 Å². The van der Waals surface area contributed by atoms with Crippen LogP contribution < -0.4 is 11.1 Å². The highest BCUT2D eigenvalue weighted by molar-refractivity contribution is 6.30. The predicted molar refractivity (Wildman–Crippen MR) is 51.1 cm³/mol. The number of rotatable bonds is 2. The summed E-state index contributed by atoms with van der Waals surface area (Å²) in [6, 6.07) is 1.52. The molecule has 64 valence electrons. The molecule has 0 saturated heterocycles. The van der Waals surface area contributed by atoms with E-state index < -0.39 is 0 Å². The molecule has 0 aromatic carbocycles. The standard InChI is InChI=1S/C7H9ClN4/c1-11-7-4(3-9)5(10)2-6(8)12-7/h2-3,9H,1H3,(H3,10,11,12). The van der Waals surface area contributed by atoms with E-state index in [0.717, 1.165) is 6.21 Å². The quantitative estimate of drug-likeness (QED) is 0.480. The Morgan fingerprint density at radius 1 is 1.75 bits per heavy atom. The van der Waals surface area contributed by atoms with Crippen LogP contribution in [0.3, 0.4) is 0 Å². The SMILES string of the molecule is CNc1nc(Cl)cc(N)c1C=N. The van der Waals surface area contributed by atoms with E-state index in [1.807, 2.05) is 0 Å². The first kappa shape index (κ1) is 8.80. The zero-order chi connectivity index (χ0) is 9.14. The molecule has 5 heteroatoms. The largest absolute Gasteiger partial charge is 0.398 e. The molecule has 0 saturated carbocycles. The average molecular weight is 185 g/mol. The summed E-state index contributed by atoms with van der Waals surface area (Å²) in [4.78, 5) is 3.95. The Bertz CT molecular complexity index is 311. The van der Waals surface area contributed by atoms with Gasteiger partial charge in [-0.05, 0) is 6.07 Å². The Kier molecular flexibility index (Phi) is 2.50. The smallest absolute Gasteiger partial charge is 0.138 e. The van der Waals surface area contributed by atoms with E-state index in [0.29, 0.717) is 22.2 Å². The second-order valence-electron chi connectivity index (χ2n) is 2.19. The lowest BCUT2D eigenvalue weighted by atomic mass is 10.2. The van der Waals surface area contributed by atoms with Crippen molar-refractivity contribution in [2.45, 2.75) is 0 Å². The van der Waals surface area contributed by atoms with Gasteiger partial charge in [-0.3, -0.25) is 0 Å². The second kappa shape index (κ2) is 3.40. The molecule has 1 heterocycles. The molecule has 0 aliphatic rings. The summed E-state index contributed by atoms with van der Waals surface area (Å²) in [5.41, 5.74) is 6.60. The molecule has 0 unspecified atom stereocenters. The Balaban J connectivity index is 3.33. The maximum atomic E-state index is 7.07. The van der Waals surface area contributed by atoms with Gasteiger partial charge >= 0.3 is 0 Å². The molecule has 0 fully saturated rings. The summed E-state index contributed by atoms with van der Waals surface area (Å²) in [6.07, 6.45) is 1.14. The number of nitrogens with two attached hydrogens (primary N) is 1. The fourth-order valence-corrected chi connectivity index (χ4v) is 1.09. The highest BCUT2D eigenvalue weighted by atomic mass is 35.5. The van der Waals surface area contributed by atoms with Crippen LogP contribution in [0.4, 0.5) is 11.5 Å². The third kappa shape index (κ3) is 1.48. The summed E-state index contributed by atoms with van der Waals surface area (Å²) < 4.78 is 0. The molecule has 0 amide bonds. The summed E-state index contributed by atoms with van der Waals surface area (Å²) >= 11 is 5.65. The zero-order valence-corrected chi connectivity index (χ0v) is 7.31. The van der Waals surface area contributed by atoms with Crippen molar-refractivity contribution in [3.8, 4) is 0 Å². The highest BCUT2D eigenvalue weighted by Gasteiger charge is 2.05. The molecule has 0 aliphatic carbocycles. The van der Waals surface area contributed by atoms with Crippen molar-refractivity contribution in [1.82, 2.24) is 4.98 Å². The van der Waals surface area contributed by atoms with E-state index in [2.05, 4.69) is 10.3 Å². The molecule has 1 aromatic rings. The molecule has 4 nitrogen and oxygen atoms in total. The summed E-state index contributed by atoms with van der Waals surface area (Å²) in [7, 11) is 1.70. The van der Waals surface area contributed by atoms with Crippen molar-refractivity contribution in [3.63, 3.8) is 0 Å². The third-order valence-electron chi connectivity index (χ3n) is 1.44. The van der Waals surface area contributed by atoms with Crippen LogP contribution in [0.1, 0.15) is 5.56 Å². The number of nitrogens with zero attached hydrogens (tertiary/aromatic N) is 1. The van der Waals surface area contributed by atoms with Crippen LogP contribution in [-0.4, -0.2) is 18.2 Å². The van der Waals surface area contributed by atoms with Gasteiger partial charge in [0.25, 0.3) is 0 Å². The number of nitrogen functional groups attached to an aromatic ring is 1. The van der Waals surface area contributed by atoms with Gasteiger partial charge < -0.3 is 16.5 Å². The van der Waals surface area contributed by atoms with Crippen LogP contribution in [0.5, 0.6) is 0 Å². The number of nitrogens with one attached hydrogen (secondary N) is 2. The normalized spacial score (nSPS) is 9.50. The number of aromatic nitrogens is 1. The van der Waals surface area contributed by atoms with Crippen molar-refractivity contribution in [3.05, 3.63) is 16.8 Å². The van der Waals surface area contributed by atoms with Crippen LogP contribution in [-0.2, 0) is 0 Å². The molecule has 12 heavy (non-hydrogen) atoms. The zero-order valence-electron chi connectivity index (χ0n) is 6.56. The second-order valence-corrected chi connectivity index (χ2v) is 2.58. The molecule has 0 spiro atoms. The topological polar surface area (TPSA) is 74.8 Å². The van der Waals surface area contributed by atoms with Gasteiger partial charge in [0.2, 0.25) is 0 Å². The number of hydrogen-bond donors (Lipinski definition) is 3. The monoisotopic (exact) mass is 184 g/mol. The fraction of sp³-hybridized carbons (Fsp3) is 0.143. The van der Waals surface area contributed by atoms with Crippen LogP contribution in [0.25, 0.3) is 0 Å². The summed E-state index contributed by atoms with van der Waals surface area (Å²) in [5.74, 6) is 0.523. The number of hydrogen-bond acceptors (Lipinski definition) is 4. The summed E-state index contributed by atoms with van der Waals surface area (Å²) in [5, 5.41) is 10.2. The van der Waals surface area contributed by atoms with E-state index in [1.165, 1.54) is 6.07 Å². The van der Waals surface area contributed by atoms with Gasteiger partial charge in [-0.25, -0.2) is 4.98 Å². The minimum absolute atomic E-state index is 0.322. The van der Waals surface area contributed by atoms with Crippen LogP contribution in [0.2, 0.25) is 5.15 Å². The van der Waals surface area contributed by atoms with Gasteiger partial charge in [0.15, 0.2) is 0 Å². The Hall–Kier alpha value is -1.29. The first-order valence-electron chi connectivity index (χ1n) is 3.33. The van der Waals surface area contributed by atoms with Crippen LogP contribution in [0.15, 0.2) is 6.07 Å². The first-order chi connectivity index (χ1) is 5.69. The number of halogens is 1. The molecule has 1 aromatic heterocycles. The lowest BCUT2D eigenvalue weighted by molar-refractivity contribution is 1.28. The van der Waals surface area contributed by atoms with Crippen LogP contribution in [0, 0.1) is 5.41 Å². The molecule has 4 N–H and O–H groups in total. The van der Waals surface area contributed by atoms with Gasteiger partial charge in [0.1, 0.15) is 11.0 Å². The van der Waals surface area contributed by atoms with E-state index in [9.17, 15) is 0 Å². The van der Waals surface area contributed by atoms with Crippen molar-refractivity contribution in [1.29, 1.82) is 5.41 Å².